The van der Waals surface area contributed by atoms with E-state index in [0.29, 0.717) is 24.4 Å². The fraction of sp³-hybridized carbons (Fsp3) is 0.333. The molecular weight excluding hydrogens is 323 g/mol. The molecule has 1 amide bonds. The van der Waals surface area contributed by atoms with Crippen LogP contribution in [0.4, 0.5) is 0 Å². The van der Waals surface area contributed by atoms with Gasteiger partial charge in [-0.1, -0.05) is 23.2 Å². The van der Waals surface area contributed by atoms with Crippen LogP contribution in [0, 0.1) is 0 Å². The average molecular weight is 337 g/mol. The number of rotatable bonds is 5. The number of nitrogens with one attached hydrogen (secondary N) is 1. The van der Waals surface area contributed by atoms with Crippen LogP contribution in [0.3, 0.4) is 0 Å². The molecule has 0 aromatic carbocycles. The molecule has 1 N–H and O–H groups in total. The zero-order valence-corrected chi connectivity index (χ0v) is 13.2. The second-order valence-corrected chi connectivity index (χ2v) is 6.01. The quantitative estimate of drug-likeness (QED) is 0.852. The van der Waals surface area contributed by atoms with Gasteiger partial charge in [0.05, 0.1) is 0 Å². The summed E-state index contributed by atoms with van der Waals surface area (Å²) < 4.78 is 0. The molecule has 1 fully saturated rings. The van der Waals surface area contributed by atoms with E-state index >= 15 is 0 Å². The van der Waals surface area contributed by atoms with E-state index in [-0.39, 0.29) is 16.2 Å². The number of halogens is 2. The molecule has 0 radical (unpaired) electrons. The van der Waals surface area contributed by atoms with Crippen molar-refractivity contribution in [2.45, 2.75) is 25.2 Å². The van der Waals surface area contributed by atoms with Crippen LogP contribution in [-0.4, -0.2) is 27.4 Å². The molecule has 0 atom stereocenters. The number of pyridine rings is 1. The van der Waals surface area contributed by atoms with Crippen LogP contribution in [0.2, 0.25) is 10.3 Å². The maximum absolute atomic E-state index is 12.0. The van der Waals surface area contributed by atoms with Crippen molar-refractivity contribution in [2.75, 3.05) is 6.54 Å². The number of nitrogens with zero attached hydrogens (tertiary/aromatic N) is 3. The van der Waals surface area contributed by atoms with Crippen LogP contribution in [0.1, 0.15) is 40.5 Å². The van der Waals surface area contributed by atoms with Crippen molar-refractivity contribution in [3.8, 4) is 0 Å². The average Bonchev–Trinajstić information content (AvgIpc) is 3.31. The van der Waals surface area contributed by atoms with Gasteiger partial charge in [-0.2, -0.15) is 0 Å². The predicted molar refractivity (Wildman–Crippen MR) is 84.3 cm³/mol. The monoisotopic (exact) mass is 336 g/mol. The fourth-order valence-electron chi connectivity index (χ4n) is 2.06. The van der Waals surface area contributed by atoms with Crippen LogP contribution in [0.15, 0.2) is 24.5 Å². The van der Waals surface area contributed by atoms with Crippen molar-refractivity contribution in [1.82, 2.24) is 20.3 Å². The lowest BCUT2D eigenvalue weighted by Gasteiger charge is -2.06. The summed E-state index contributed by atoms with van der Waals surface area (Å²) in [5, 5.41) is 3.20. The maximum atomic E-state index is 12.0. The Kier molecular flexibility index (Phi) is 4.55. The van der Waals surface area contributed by atoms with Gasteiger partial charge in [0.25, 0.3) is 5.91 Å². The number of hydrogen-bond acceptors (Lipinski definition) is 4. The Morgan fingerprint density at radius 2 is 1.82 bits per heavy atom. The third-order valence-corrected chi connectivity index (χ3v) is 3.78. The van der Waals surface area contributed by atoms with Gasteiger partial charge in [-0.25, -0.2) is 15.0 Å². The first-order valence-corrected chi connectivity index (χ1v) is 7.79. The van der Waals surface area contributed by atoms with Crippen LogP contribution in [-0.2, 0) is 6.42 Å². The van der Waals surface area contributed by atoms with E-state index in [1.165, 1.54) is 25.0 Å². The Morgan fingerprint density at radius 1 is 1.18 bits per heavy atom. The first-order valence-electron chi connectivity index (χ1n) is 7.04. The van der Waals surface area contributed by atoms with Gasteiger partial charge in [0.15, 0.2) is 0 Å². The van der Waals surface area contributed by atoms with Crippen LogP contribution in [0.5, 0.6) is 0 Å². The number of carbonyl (C=O) groups is 1. The lowest BCUT2D eigenvalue weighted by Crippen LogP contribution is -2.25. The first-order chi connectivity index (χ1) is 10.6. The third kappa shape index (κ3) is 3.93. The molecule has 7 heteroatoms. The lowest BCUT2D eigenvalue weighted by atomic mass is 10.2. The van der Waals surface area contributed by atoms with Crippen molar-refractivity contribution < 1.29 is 4.79 Å². The number of hydrogen-bond donors (Lipinski definition) is 1. The molecule has 1 aliphatic rings. The summed E-state index contributed by atoms with van der Waals surface area (Å²) in [7, 11) is 0. The summed E-state index contributed by atoms with van der Waals surface area (Å²) in [6, 6.07) is 2.96. The molecule has 1 saturated carbocycles. The minimum Gasteiger partial charge on any atom is -0.352 e. The highest BCUT2D eigenvalue weighted by atomic mass is 35.5. The van der Waals surface area contributed by atoms with Crippen LogP contribution >= 0.6 is 23.2 Å². The Labute approximate surface area is 138 Å². The molecule has 0 unspecified atom stereocenters. The number of aromatic nitrogens is 3. The molecule has 22 heavy (non-hydrogen) atoms. The van der Waals surface area contributed by atoms with Crippen LogP contribution in [0.25, 0.3) is 0 Å². The molecule has 0 spiro atoms. The van der Waals surface area contributed by atoms with E-state index in [0.717, 1.165) is 11.4 Å². The molecule has 114 valence electrons. The van der Waals surface area contributed by atoms with E-state index in [4.69, 9.17) is 23.2 Å². The highest BCUT2D eigenvalue weighted by molar-refractivity contribution is 6.33. The Balaban J connectivity index is 1.52. The molecule has 2 aromatic heterocycles. The highest BCUT2D eigenvalue weighted by Gasteiger charge is 2.26. The molecule has 2 aromatic rings. The molecule has 2 heterocycles. The highest BCUT2D eigenvalue weighted by Crippen LogP contribution is 2.37. The van der Waals surface area contributed by atoms with E-state index in [1.807, 2.05) is 12.4 Å². The largest absolute Gasteiger partial charge is 0.352 e. The second kappa shape index (κ2) is 6.58. The molecular formula is C15H14Cl2N4O. The summed E-state index contributed by atoms with van der Waals surface area (Å²) in [6.45, 7) is 0.489. The van der Waals surface area contributed by atoms with Crippen molar-refractivity contribution in [3.63, 3.8) is 0 Å². The Hall–Kier alpha value is -1.72. The van der Waals surface area contributed by atoms with Gasteiger partial charge in [-0.15, -0.1) is 0 Å². The van der Waals surface area contributed by atoms with Gasteiger partial charge < -0.3 is 5.32 Å². The molecule has 0 bridgehead atoms. The van der Waals surface area contributed by atoms with Crippen molar-refractivity contribution in [1.29, 1.82) is 0 Å². The predicted octanol–water partition coefficient (Wildman–Crippen LogP) is 3.03. The van der Waals surface area contributed by atoms with E-state index < -0.39 is 0 Å². The topological polar surface area (TPSA) is 67.8 Å². The van der Waals surface area contributed by atoms with Gasteiger partial charge in [0.2, 0.25) is 0 Å². The van der Waals surface area contributed by atoms with Crippen molar-refractivity contribution in [3.05, 3.63) is 51.8 Å². The fourth-order valence-corrected chi connectivity index (χ4v) is 2.53. The number of amides is 1. The van der Waals surface area contributed by atoms with Gasteiger partial charge in [-0.05, 0) is 37.0 Å². The SMILES string of the molecule is O=C(NCCc1cnc(C2CC2)nc1)c1cc(Cl)nc(Cl)c1. The van der Waals surface area contributed by atoms with Gasteiger partial charge >= 0.3 is 0 Å². The zero-order chi connectivity index (χ0) is 15.5. The summed E-state index contributed by atoms with van der Waals surface area (Å²) in [6.07, 6.45) is 6.70. The van der Waals surface area contributed by atoms with Gasteiger partial charge in [0, 0.05) is 30.4 Å². The minimum absolute atomic E-state index is 0.196. The number of carbonyl (C=O) groups excluding carboxylic acids is 1. The minimum atomic E-state index is -0.235. The van der Waals surface area contributed by atoms with E-state index in [2.05, 4.69) is 20.3 Å². The van der Waals surface area contributed by atoms with Gasteiger partial charge in [-0.3, -0.25) is 4.79 Å². The zero-order valence-electron chi connectivity index (χ0n) is 11.7. The molecule has 5 nitrogen and oxygen atoms in total. The van der Waals surface area contributed by atoms with E-state index in [9.17, 15) is 4.79 Å². The van der Waals surface area contributed by atoms with E-state index in [1.54, 1.807) is 0 Å². The first kappa shape index (κ1) is 15.2. The normalized spacial score (nSPS) is 13.9. The smallest absolute Gasteiger partial charge is 0.251 e. The van der Waals surface area contributed by atoms with Crippen molar-refractivity contribution >= 4 is 29.1 Å². The van der Waals surface area contributed by atoms with Gasteiger partial charge in [0.1, 0.15) is 16.1 Å². The summed E-state index contributed by atoms with van der Waals surface area (Å²) in [5.41, 5.74) is 1.39. The van der Waals surface area contributed by atoms with Crippen LogP contribution < -0.4 is 5.32 Å². The standard InChI is InChI=1S/C15H14Cl2N4O/c16-12-5-11(6-13(17)21-12)15(22)18-4-3-9-7-19-14(20-8-9)10-1-2-10/h5-8,10H,1-4H2,(H,18,22). The summed E-state index contributed by atoms with van der Waals surface area (Å²) in [4.78, 5) is 24.5. The maximum Gasteiger partial charge on any atom is 0.251 e. The second-order valence-electron chi connectivity index (χ2n) is 5.23. The summed E-state index contributed by atoms with van der Waals surface area (Å²) in [5.74, 6) is 1.24. The summed E-state index contributed by atoms with van der Waals surface area (Å²) >= 11 is 11.6. The van der Waals surface area contributed by atoms with Crippen molar-refractivity contribution in [2.24, 2.45) is 0 Å². The molecule has 0 aliphatic heterocycles. The Bertz CT molecular complexity index is 666. The lowest BCUT2D eigenvalue weighted by molar-refractivity contribution is 0.0954. The molecule has 1 aliphatic carbocycles. The molecule has 0 saturated heterocycles. The molecule has 3 rings (SSSR count). The Morgan fingerprint density at radius 3 is 2.41 bits per heavy atom. The third-order valence-electron chi connectivity index (χ3n) is 3.39.